The maximum absolute atomic E-state index is 12.2. The molecule has 2 N–H and O–H groups in total. The van der Waals surface area contributed by atoms with Gasteiger partial charge in [0.05, 0.1) is 13.7 Å². The van der Waals surface area contributed by atoms with Gasteiger partial charge in [0.25, 0.3) is 5.91 Å². The van der Waals surface area contributed by atoms with Crippen LogP contribution in [-0.4, -0.2) is 37.1 Å². The summed E-state index contributed by atoms with van der Waals surface area (Å²) >= 11 is 0. The minimum atomic E-state index is -4.74. The smallest absolute Gasteiger partial charge is 0.496 e. The molecular formula is C20H20F3NO4. The molecule has 1 unspecified atom stereocenters. The van der Waals surface area contributed by atoms with E-state index in [9.17, 15) is 18.0 Å². The van der Waals surface area contributed by atoms with Crippen LogP contribution >= 0.6 is 0 Å². The van der Waals surface area contributed by atoms with Crippen molar-refractivity contribution in [2.24, 2.45) is 0 Å². The molecule has 8 heteroatoms. The topological polar surface area (TPSA) is 67.8 Å². The number of amides is 1. The maximum atomic E-state index is 12.2. The normalized spacial score (nSPS) is 12.6. The number of alkyl halides is 3. The number of benzene rings is 2. The van der Waals surface area contributed by atoms with Crippen molar-refractivity contribution in [2.45, 2.75) is 19.3 Å². The Hall–Kier alpha value is -3.00. The van der Waals surface area contributed by atoms with Gasteiger partial charge >= 0.3 is 6.36 Å². The molecule has 5 nitrogen and oxygen atoms in total. The molecule has 1 amide bonds. The molecule has 0 aromatic heterocycles. The summed E-state index contributed by atoms with van der Waals surface area (Å²) in [5, 5.41) is 11.7. The first-order valence-electron chi connectivity index (χ1n) is 8.35. The molecule has 0 radical (unpaired) electrons. The summed E-state index contributed by atoms with van der Waals surface area (Å²) in [5.41, 5.74) is 1.64. The third-order valence-corrected chi connectivity index (χ3v) is 3.71. The van der Waals surface area contributed by atoms with E-state index in [1.165, 1.54) is 31.4 Å². The number of ether oxygens (including phenoxy) is 2. The summed E-state index contributed by atoms with van der Waals surface area (Å²) < 4.78 is 45.7. The van der Waals surface area contributed by atoms with Crippen LogP contribution in [0.3, 0.4) is 0 Å². The molecule has 150 valence electrons. The molecule has 0 saturated heterocycles. The van der Waals surface area contributed by atoms with Crippen LogP contribution in [0.25, 0.3) is 12.2 Å². The van der Waals surface area contributed by atoms with E-state index in [1.807, 2.05) is 0 Å². The molecule has 2 aromatic carbocycles. The summed E-state index contributed by atoms with van der Waals surface area (Å²) in [6.45, 7) is 1.50. The first-order chi connectivity index (χ1) is 13.2. The molecule has 1 atom stereocenters. The fourth-order valence-corrected chi connectivity index (χ4v) is 2.33. The van der Waals surface area contributed by atoms with E-state index in [0.717, 1.165) is 0 Å². The third kappa shape index (κ3) is 6.31. The quantitative estimate of drug-likeness (QED) is 0.699. The van der Waals surface area contributed by atoms with E-state index >= 15 is 0 Å². The summed E-state index contributed by atoms with van der Waals surface area (Å²) in [5.74, 6) is -0.119. The molecule has 2 aromatic rings. The van der Waals surface area contributed by atoms with E-state index in [0.29, 0.717) is 22.4 Å². The Morgan fingerprint density at radius 3 is 2.43 bits per heavy atom. The van der Waals surface area contributed by atoms with Gasteiger partial charge in [-0.3, -0.25) is 4.79 Å². The van der Waals surface area contributed by atoms with E-state index < -0.39 is 6.36 Å². The largest absolute Gasteiger partial charge is 0.573 e. The van der Waals surface area contributed by atoms with Crippen molar-refractivity contribution in [3.8, 4) is 11.5 Å². The van der Waals surface area contributed by atoms with Gasteiger partial charge in [0.1, 0.15) is 11.5 Å². The maximum Gasteiger partial charge on any atom is 0.573 e. The number of hydrogen-bond acceptors (Lipinski definition) is 4. The third-order valence-electron chi connectivity index (χ3n) is 3.71. The average molecular weight is 395 g/mol. The molecule has 2 rings (SSSR count). The van der Waals surface area contributed by atoms with E-state index in [4.69, 9.17) is 9.84 Å². The lowest BCUT2D eigenvalue weighted by molar-refractivity contribution is -0.274. The Morgan fingerprint density at radius 2 is 1.86 bits per heavy atom. The lowest BCUT2D eigenvalue weighted by Crippen LogP contribution is -2.34. The standard InChI is InChI=1S/C20H20F3NO4/c1-13(12-25)24-19(26)16-7-10-18(27-2)15(11-16)6-3-14-4-8-17(9-5-14)28-20(21,22)23/h3-11,13,25H,12H2,1-2H3,(H,24,26)/b6-3+. The van der Waals surface area contributed by atoms with Crippen molar-refractivity contribution in [2.75, 3.05) is 13.7 Å². The number of halogens is 3. The molecule has 0 spiro atoms. The van der Waals surface area contributed by atoms with Crippen LogP contribution in [0.4, 0.5) is 13.2 Å². The molecule has 0 saturated carbocycles. The fraction of sp³-hybridized carbons (Fsp3) is 0.250. The first kappa shape index (κ1) is 21.3. The number of carbonyl (C=O) groups is 1. The summed E-state index contributed by atoms with van der Waals surface area (Å²) in [7, 11) is 1.49. The number of rotatable bonds is 7. The van der Waals surface area contributed by atoms with Gasteiger partial charge in [0.2, 0.25) is 0 Å². The molecule has 0 aliphatic carbocycles. The first-order valence-corrected chi connectivity index (χ1v) is 8.35. The number of aliphatic hydroxyl groups excluding tert-OH is 1. The van der Waals surface area contributed by atoms with Crippen molar-refractivity contribution >= 4 is 18.1 Å². The highest BCUT2D eigenvalue weighted by Gasteiger charge is 2.30. The Labute approximate surface area is 160 Å². The number of methoxy groups -OCH3 is 1. The fourth-order valence-electron chi connectivity index (χ4n) is 2.33. The van der Waals surface area contributed by atoms with Crippen molar-refractivity contribution in [1.82, 2.24) is 5.32 Å². The average Bonchev–Trinajstić information content (AvgIpc) is 2.65. The van der Waals surface area contributed by atoms with Crippen LogP contribution in [0.2, 0.25) is 0 Å². The number of carbonyl (C=O) groups excluding carboxylic acids is 1. The van der Waals surface area contributed by atoms with Crippen LogP contribution in [0.5, 0.6) is 11.5 Å². The highest BCUT2D eigenvalue weighted by Crippen LogP contribution is 2.25. The van der Waals surface area contributed by atoms with Gasteiger partial charge < -0.3 is 19.9 Å². The van der Waals surface area contributed by atoms with Gasteiger partial charge in [-0.2, -0.15) is 0 Å². The summed E-state index contributed by atoms with van der Waals surface area (Å²) in [4.78, 5) is 12.2. The van der Waals surface area contributed by atoms with Gasteiger partial charge in [0, 0.05) is 17.2 Å². The Bertz CT molecular complexity index is 832. The van der Waals surface area contributed by atoms with E-state index in [1.54, 1.807) is 37.3 Å². The van der Waals surface area contributed by atoms with Crippen molar-refractivity contribution in [3.05, 3.63) is 59.2 Å². The van der Waals surface area contributed by atoms with Gasteiger partial charge in [-0.15, -0.1) is 13.2 Å². The van der Waals surface area contributed by atoms with Gasteiger partial charge in [-0.25, -0.2) is 0 Å². The Kier molecular flexibility index (Phi) is 7.06. The molecule has 28 heavy (non-hydrogen) atoms. The molecule has 0 fully saturated rings. The van der Waals surface area contributed by atoms with Crippen LogP contribution in [0, 0.1) is 0 Å². The van der Waals surface area contributed by atoms with Crippen molar-refractivity contribution < 1.29 is 32.5 Å². The van der Waals surface area contributed by atoms with E-state index in [-0.39, 0.29) is 24.3 Å². The van der Waals surface area contributed by atoms with E-state index in [2.05, 4.69) is 10.1 Å². The predicted molar refractivity (Wildman–Crippen MR) is 99.1 cm³/mol. The molecule has 0 bridgehead atoms. The zero-order valence-electron chi connectivity index (χ0n) is 15.3. The lowest BCUT2D eigenvalue weighted by Gasteiger charge is -2.12. The number of hydrogen-bond donors (Lipinski definition) is 2. The van der Waals surface area contributed by atoms with Gasteiger partial charge in [0.15, 0.2) is 0 Å². The molecular weight excluding hydrogens is 375 g/mol. The van der Waals surface area contributed by atoms with Crippen LogP contribution in [0.15, 0.2) is 42.5 Å². The second-order valence-corrected chi connectivity index (χ2v) is 5.96. The highest BCUT2D eigenvalue weighted by atomic mass is 19.4. The predicted octanol–water partition coefficient (Wildman–Crippen LogP) is 3.87. The molecule has 0 heterocycles. The number of nitrogens with one attached hydrogen (secondary N) is 1. The highest BCUT2D eigenvalue weighted by molar-refractivity contribution is 5.95. The number of aliphatic hydroxyl groups is 1. The zero-order chi connectivity index (χ0) is 20.7. The minimum Gasteiger partial charge on any atom is -0.496 e. The summed E-state index contributed by atoms with van der Waals surface area (Å²) in [6.07, 6.45) is -1.38. The molecule has 0 aliphatic rings. The van der Waals surface area contributed by atoms with Crippen LogP contribution < -0.4 is 14.8 Å². The van der Waals surface area contributed by atoms with Crippen LogP contribution in [-0.2, 0) is 0 Å². The second-order valence-electron chi connectivity index (χ2n) is 5.96. The Balaban J connectivity index is 2.19. The van der Waals surface area contributed by atoms with Gasteiger partial charge in [-0.1, -0.05) is 24.3 Å². The lowest BCUT2D eigenvalue weighted by atomic mass is 10.1. The van der Waals surface area contributed by atoms with Crippen molar-refractivity contribution in [3.63, 3.8) is 0 Å². The zero-order valence-corrected chi connectivity index (χ0v) is 15.3. The summed E-state index contributed by atoms with van der Waals surface area (Å²) in [6, 6.07) is 9.85. The minimum absolute atomic E-state index is 0.178. The Morgan fingerprint density at radius 1 is 1.18 bits per heavy atom. The SMILES string of the molecule is COc1ccc(C(=O)NC(C)CO)cc1/C=C/c1ccc(OC(F)(F)F)cc1. The second kappa shape index (κ2) is 9.27. The van der Waals surface area contributed by atoms with Crippen molar-refractivity contribution in [1.29, 1.82) is 0 Å². The van der Waals surface area contributed by atoms with Gasteiger partial charge in [-0.05, 0) is 42.8 Å². The van der Waals surface area contributed by atoms with Crippen LogP contribution in [0.1, 0.15) is 28.4 Å². The monoisotopic (exact) mass is 395 g/mol. The molecule has 0 aliphatic heterocycles.